The first-order valence-corrected chi connectivity index (χ1v) is 7.59. The van der Waals surface area contributed by atoms with Gasteiger partial charge in [-0.15, -0.1) is 0 Å². The van der Waals surface area contributed by atoms with E-state index in [4.69, 9.17) is 5.73 Å². The molecule has 0 bridgehead atoms. The number of carbonyl (C=O) groups is 3. The Morgan fingerprint density at radius 3 is 2.60 bits per heavy atom. The highest BCUT2D eigenvalue weighted by molar-refractivity contribution is 6.11. The van der Waals surface area contributed by atoms with Gasteiger partial charge >= 0.3 is 12.0 Å². The summed E-state index contributed by atoms with van der Waals surface area (Å²) >= 11 is 0. The van der Waals surface area contributed by atoms with E-state index in [-0.39, 0.29) is 12.2 Å². The minimum absolute atomic E-state index is 0.178. The lowest BCUT2D eigenvalue weighted by Crippen LogP contribution is -2.67. The minimum atomic E-state index is -1.23. The maximum absolute atomic E-state index is 12.4. The Bertz CT molecular complexity index is 824. The zero-order valence-corrected chi connectivity index (χ0v) is 13.1. The summed E-state index contributed by atoms with van der Waals surface area (Å²) in [6, 6.07) is 9.79. The number of likely N-dealkylation sites (tertiary alicyclic amines) is 1. The molecule has 4 N–H and O–H groups in total. The van der Waals surface area contributed by atoms with Crippen molar-refractivity contribution in [3.8, 4) is 0 Å². The number of β-lactam (4-membered cyclic amide) rings is 1. The van der Waals surface area contributed by atoms with Crippen molar-refractivity contribution in [3.63, 3.8) is 0 Å². The fourth-order valence-electron chi connectivity index (χ4n) is 2.84. The molecule has 0 radical (unpaired) electrons. The van der Waals surface area contributed by atoms with Crippen molar-refractivity contribution in [2.75, 3.05) is 11.1 Å². The number of hydrogen-bond donors (Lipinski definition) is 3. The maximum Gasteiger partial charge on any atom is 0.329 e. The molecule has 3 rings (SSSR count). The molecule has 0 aliphatic carbocycles. The molecule has 1 saturated heterocycles. The number of nitrogens with two attached hydrogens (primary N) is 1. The summed E-state index contributed by atoms with van der Waals surface area (Å²) in [5.41, 5.74) is 6.77. The molecule has 1 aromatic carbocycles. The summed E-state index contributed by atoms with van der Waals surface area (Å²) in [4.78, 5) is 40.8. The van der Waals surface area contributed by atoms with E-state index in [1.807, 2.05) is 0 Å². The second-order valence-corrected chi connectivity index (χ2v) is 5.69. The number of nitrogens with zero attached hydrogens (tertiary/aromatic N) is 2. The third-order valence-corrected chi connectivity index (χ3v) is 4.01. The van der Waals surface area contributed by atoms with Gasteiger partial charge in [0, 0.05) is 11.9 Å². The third-order valence-electron chi connectivity index (χ3n) is 4.01. The fraction of sp³-hybridized carbons (Fsp3) is 0.176. The number of imide groups is 1. The Hall–Kier alpha value is -3.42. The van der Waals surface area contributed by atoms with Crippen LogP contribution in [0.3, 0.4) is 0 Å². The lowest BCUT2D eigenvalue weighted by atomic mass is 9.82. The number of carbonyl (C=O) groups excluding carboxylic acids is 2. The van der Waals surface area contributed by atoms with Crippen LogP contribution in [0.1, 0.15) is 5.56 Å². The number of anilines is 2. The van der Waals surface area contributed by atoms with Crippen molar-refractivity contribution in [1.82, 2.24) is 9.88 Å². The first kappa shape index (κ1) is 16.4. The molecular weight excluding hydrogens is 324 g/mol. The number of benzene rings is 1. The normalized spacial score (nSPS) is 19.2. The summed E-state index contributed by atoms with van der Waals surface area (Å²) in [6.45, 7) is 0. The van der Waals surface area contributed by atoms with Crippen LogP contribution in [0.25, 0.3) is 0 Å². The van der Waals surface area contributed by atoms with Crippen LogP contribution in [0.4, 0.5) is 16.3 Å². The van der Waals surface area contributed by atoms with E-state index in [2.05, 4.69) is 10.3 Å². The lowest BCUT2D eigenvalue weighted by Gasteiger charge is -2.42. The largest absolute Gasteiger partial charge is 0.480 e. The fourth-order valence-corrected chi connectivity index (χ4v) is 2.84. The van der Waals surface area contributed by atoms with E-state index in [1.54, 1.807) is 42.5 Å². The van der Waals surface area contributed by atoms with Crippen LogP contribution >= 0.6 is 0 Å². The molecule has 3 amide bonds. The van der Waals surface area contributed by atoms with E-state index in [9.17, 15) is 19.5 Å². The lowest BCUT2D eigenvalue weighted by molar-refractivity contribution is -0.165. The average molecular weight is 340 g/mol. The Kier molecular flexibility index (Phi) is 4.34. The molecule has 1 fully saturated rings. The SMILES string of the molecule is Nc1cc(CC2C(=O)N(C(=O)Nc3ccccc3)[C@@H]2C(=O)O)ccn1. The number of carboxylic acids is 1. The predicted molar refractivity (Wildman–Crippen MR) is 89.6 cm³/mol. The quantitative estimate of drug-likeness (QED) is 0.721. The molecule has 1 unspecified atom stereocenters. The Morgan fingerprint density at radius 1 is 1.24 bits per heavy atom. The van der Waals surface area contributed by atoms with Gasteiger partial charge in [0.15, 0.2) is 6.04 Å². The van der Waals surface area contributed by atoms with E-state index < -0.39 is 29.9 Å². The van der Waals surface area contributed by atoms with Crippen molar-refractivity contribution in [3.05, 3.63) is 54.2 Å². The van der Waals surface area contributed by atoms with Gasteiger partial charge in [-0.3, -0.25) is 4.79 Å². The highest BCUT2D eigenvalue weighted by atomic mass is 16.4. The van der Waals surface area contributed by atoms with Gasteiger partial charge in [0.2, 0.25) is 5.91 Å². The van der Waals surface area contributed by atoms with E-state index in [0.717, 1.165) is 4.90 Å². The van der Waals surface area contributed by atoms with Gasteiger partial charge in [-0.1, -0.05) is 18.2 Å². The van der Waals surface area contributed by atoms with Gasteiger partial charge in [0.25, 0.3) is 0 Å². The molecule has 2 aromatic rings. The van der Waals surface area contributed by atoms with Gasteiger partial charge in [0.05, 0.1) is 5.92 Å². The van der Waals surface area contributed by atoms with Crippen LogP contribution in [0.2, 0.25) is 0 Å². The zero-order chi connectivity index (χ0) is 18.0. The average Bonchev–Trinajstić information content (AvgIpc) is 2.57. The highest BCUT2D eigenvalue weighted by Crippen LogP contribution is 2.31. The van der Waals surface area contributed by atoms with Crippen LogP contribution in [0.5, 0.6) is 0 Å². The predicted octanol–water partition coefficient (Wildman–Crippen LogP) is 1.35. The van der Waals surface area contributed by atoms with Gasteiger partial charge in [-0.25, -0.2) is 19.5 Å². The van der Waals surface area contributed by atoms with Crippen molar-refractivity contribution in [2.24, 2.45) is 5.92 Å². The number of para-hydroxylation sites is 1. The van der Waals surface area contributed by atoms with Crippen molar-refractivity contribution in [1.29, 1.82) is 0 Å². The topological polar surface area (TPSA) is 126 Å². The monoisotopic (exact) mass is 340 g/mol. The number of aliphatic carboxylic acids is 1. The summed E-state index contributed by atoms with van der Waals surface area (Å²) in [7, 11) is 0. The molecule has 2 atom stereocenters. The summed E-state index contributed by atoms with van der Waals surface area (Å²) in [6.07, 6.45) is 1.67. The molecular formula is C17H16N4O4. The van der Waals surface area contributed by atoms with Crippen LogP contribution < -0.4 is 11.1 Å². The smallest absolute Gasteiger partial charge is 0.329 e. The summed E-state index contributed by atoms with van der Waals surface area (Å²) in [5.74, 6) is -2.29. The van der Waals surface area contributed by atoms with E-state index in [1.165, 1.54) is 6.20 Å². The number of carboxylic acid groups (broad SMARTS) is 1. The number of pyridine rings is 1. The highest BCUT2D eigenvalue weighted by Gasteiger charge is 2.54. The summed E-state index contributed by atoms with van der Waals surface area (Å²) in [5, 5.41) is 12.0. The molecule has 2 heterocycles. The first-order chi connectivity index (χ1) is 12.0. The number of hydrogen-bond acceptors (Lipinski definition) is 5. The van der Waals surface area contributed by atoms with Crippen LogP contribution in [-0.2, 0) is 16.0 Å². The number of aromatic nitrogens is 1. The van der Waals surface area contributed by atoms with Gasteiger partial charge in [-0.05, 0) is 36.2 Å². The zero-order valence-electron chi connectivity index (χ0n) is 13.1. The second kappa shape index (κ2) is 6.60. The minimum Gasteiger partial charge on any atom is -0.480 e. The van der Waals surface area contributed by atoms with E-state index in [0.29, 0.717) is 11.3 Å². The van der Waals surface area contributed by atoms with Crippen molar-refractivity contribution in [2.45, 2.75) is 12.5 Å². The molecule has 128 valence electrons. The van der Waals surface area contributed by atoms with Crippen molar-refractivity contribution >= 4 is 29.4 Å². The number of urea groups is 1. The molecule has 1 aliphatic heterocycles. The third kappa shape index (κ3) is 3.27. The second-order valence-electron chi connectivity index (χ2n) is 5.69. The van der Waals surface area contributed by atoms with Gasteiger partial charge < -0.3 is 16.2 Å². The molecule has 0 saturated carbocycles. The van der Waals surface area contributed by atoms with Gasteiger partial charge in [0.1, 0.15) is 5.82 Å². The number of rotatable bonds is 4. The molecule has 1 aliphatic rings. The number of nitrogens with one attached hydrogen (secondary N) is 1. The van der Waals surface area contributed by atoms with Gasteiger partial charge in [-0.2, -0.15) is 0 Å². The van der Waals surface area contributed by atoms with E-state index >= 15 is 0 Å². The summed E-state index contributed by atoms with van der Waals surface area (Å²) < 4.78 is 0. The number of amides is 3. The Balaban J connectivity index is 1.74. The molecule has 25 heavy (non-hydrogen) atoms. The number of nitrogen functional groups attached to an aromatic ring is 1. The van der Waals surface area contributed by atoms with Crippen LogP contribution in [0.15, 0.2) is 48.7 Å². The molecule has 0 spiro atoms. The molecule has 1 aromatic heterocycles. The molecule has 8 heteroatoms. The first-order valence-electron chi connectivity index (χ1n) is 7.59. The maximum atomic E-state index is 12.4. The standard InChI is InChI=1S/C17H16N4O4/c18-13-9-10(6-7-19-13)8-12-14(16(23)24)21(15(12)22)17(25)20-11-4-2-1-3-5-11/h1-7,9,12,14H,8H2,(H2,18,19)(H,20,25)(H,23,24)/t12?,14-/m0/s1. The van der Waals surface area contributed by atoms with Crippen molar-refractivity contribution < 1.29 is 19.5 Å². The van der Waals surface area contributed by atoms with Crippen LogP contribution in [-0.4, -0.2) is 38.9 Å². The molecule has 8 nitrogen and oxygen atoms in total. The Morgan fingerprint density at radius 2 is 1.96 bits per heavy atom. The van der Waals surface area contributed by atoms with Crippen LogP contribution in [0, 0.1) is 5.92 Å². The Labute approximate surface area is 143 Å².